The number of benzene rings is 1. The van der Waals surface area contributed by atoms with E-state index in [9.17, 15) is 9.59 Å². The molecule has 1 aromatic carbocycles. The number of hydrogen-bond donors (Lipinski definition) is 1. The van der Waals surface area contributed by atoms with E-state index in [4.69, 9.17) is 16.7 Å². The number of carboxylic acids is 1. The highest BCUT2D eigenvalue weighted by Crippen LogP contribution is 2.38. The van der Waals surface area contributed by atoms with Crippen molar-refractivity contribution in [3.05, 3.63) is 40.4 Å². The molecule has 2 bridgehead atoms. The Morgan fingerprint density at radius 1 is 1.33 bits per heavy atom. The van der Waals surface area contributed by atoms with Gasteiger partial charge in [0.05, 0.1) is 0 Å². The third-order valence-corrected chi connectivity index (χ3v) is 4.65. The van der Waals surface area contributed by atoms with Crippen LogP contribution in [-0.2, 0) is 4.79 Å². The van der Waals surface area contributed by atoms with Crippen molar-refractivity contribution < 1.29 is 14.7 Å². The number of amides is 1. The molecule has 1 amide bonds. The molecule has 5 heteroatoms. The second-order valence-electron chi connectivity index (χ2n) is 5.70. The van der Waals surface area contributed by atoms with Gasteiger partial charge in [0.1, 0.15) is 0 Å². The summed E-state index contributed by atoms with van der Waals surface area (Å²) in [6, 6.07) is 5.40. The molecule has 0 spiro atoms. The summed E-state index contributed by atoms with van der Waals surface area (Å²) in [5, 5.41) is 9.01. The predicted molar refractivity (Wildman–Crippen MR) is 80.3 cm³/mol. The number of carbonyl (C=O) groups excluding carboxylic acids is 1. The van der Waals surface area contributed by atoms with E-state index in [0.717, 1.165) is 25.5 Å². The van der Waals surface area contributed by atoms with Gasteiger partial charge >= 0.3 is 5.97 Å². The topological polar surface area (TPSA) is 57.6 Å². The van der Waals surface area contributed by atoms with Crippen LogP contribution in [0.4, 0.5) is 0 Å². The highest BCUT2D eigenvalue weighted by atomic mass is 35.5. The van der Waals surface area contributed by atoms with Crippen LogP contribution in [0.5, 0.6) is 0 Å². The molecule has 0 aromatic heterocycles. The van der Waals surface area contributed by atoms with E-state index in [0.29, 0.717) is 28.1 Å². The summed E-state index contributed by atoms with van der Waals surface area (Å²) in [7, 11) is 0. The van der Waals surface area contributed by atoms with Gasteiger partial charge in [0, 0.05) is 29.2 Å². The third kappa shape index (κ3) is 2.81. The highest BCUT2D eigenvalue weighted by molar-refractivity contribution is 6.32. The maximum Gasteiger partial charge on any atom is 0.328 e. The molecule has 2 atom stereocenters. The first-order chi connectivity index (χ1) is 10.0. The molecular formula is C16H16ClNO3. The van der Waals surface area contributed by atoms with Crippen LogP contribution in [0.3, 0.4) is 0 Å². The number of rotatable bonds is 3. The Balaban J connectivity index is 1.78. The van der Waals surface area contributed by atoms with Crippen molar-refractivity contribution in [2.75, 3.05) is 6.54 Å². The van der Waals surface area contributed by atoms with Gasteiger partial charge in [0.15, 0.2) is 0 Å². The monoisotopic (exact) mass is 305 g/mol. The summed E-state index contributed by atoms with van der Waals surface area (Å²) in [5.74, 6) is -0.343. The van der Waals surface area contributed by atoms with Gasteiger partial charge < -0.3 is 10.0 Å². The SMILES string of the molecule is O=C(O)/C=C/c1ccc(C(=O)N2CC3CCC2C3)cc1Cl. The minimum atomic E-state index is -1.03. The first kappa shape index (κ1) is 14.1. The van der Waals surface area contributed by atoms with Crippen LogP contribution in [0.15, 0.2) is 24.3 Å². The van der Waals surface area contributed by atoms with Crippen LogP contribution in [0, 0.1) is 5.92 Å². The number of carbonyl (C=O) groups is 2. The van der Waals surface area contributed by atoms with Gasteiger partial charge in [-0.3, -0.25) is 4.79 Å². The van der Waals surface area contributed by atoms with Gasteiger partial charge in [-0.1, -0.05) is 17.7 Å². The van der Waals surface area contributed by atoms with E-state index in [1.54, 1.807) is 18.2 Å². The van der Waals surface area contributed by atoms with Crippen LogP contribution in [0.25, 0.3) is 6.08 Å². The number of carboxylic acid groups (broad SMARTS) is 1. The first-order valence-electron chi connectivity index (χ1n) is 7.06. The highest BCUT2D eigenvalue weighted by Gasteiger charge is 2.40. The van der Waals surface area contributed by atoms with Crippen LogP contribution in [0.1, 0.15) is 35.2 Å². The van der Waals surface area contributed by atoms with Crippen LogP contribution >= 0.6 is 11.6 Å². The molecule has 1 N–H and O–H groups in total. The standard InChI is InChI=1S/C16H16ClNO3/c17-14-8-12(3-2-11(14)4-6-15(19)20)16(21)18-9-10-1-5-13(18)7-10/h2-4,6,8,10,13H,1,5,7,9H2,(H,19,20)/b6-4+. The molecule has 2 aliphatic rings. The fourth-order valence-corrected chi connectivity index (χ4v) is 3.54. The Morgan fingerprint density at radius 3 is 2.71 bits per heavy atom. The second-order valence-corrected chi connectivity index (χ2v) is 6.11. The minimum Gasteiger partial charge on any atom is -0.478 e. The smallest absolute Gasteiger partial charge is 0.328 e. The Kier molecular flexibility index (Phi) is 3.72. The van der Waals surface area contributed by atoms with Crippen LogP contribution < -0.4 is 0 Å². The molecule has 0 radical (unpaired) electrons. The number of halogens is 1. The van der Waals surface area contributed by atoms with E-state index in [1.807, 2.05) is 4.90 Å². The van der Waals surface area contributed by atoms with Crippen molar-refractivity contribution in [3.8, 4) is 0 Å². The second kappa shape index (κ2) is 5.53. The third-order valence-electron chi connectivity index (χ3n) is 4.32. The molecule has 1 saturated carbocycles. The summed E-state index contributed by atoms with van der Waals surface area (Å²) in [6.45, 7) is 0.849. The average Bonchev–Trinajstić information content (AvgIpc) is 3.07. The fraction of sp³-hybridized carbons (Fsp3) is 0.375. The summed E-state index contributed by atoms with van der Waals surface area (Å²) >= 11 is 6.13. The number of hydrogen-bond acceptors (Lipinski definition) is 2. The van der Waals surface area contributed by atoms with Crippen molar-refractivity contribution in [2.45, 2.75) is 25.3 Å². The van der Waals surface area contributed by atoms with E-state index in [2.05, 4.69) is 0 Å². The Bertz CT molecular complexity index is 626. The maximum atomic E-state index is 12.5. The number of nitrogens with zero attached hydrogens (tertiary/aromatic N) is 1. The summed E-state index contributed by atoms with van der Waals surface area (Å²) in [4.78, 5) is 25.0. The molecule has 21 heavy (non-hydrogen) atoms. The summed E-state index contributed by atoms with van der Waals surface area (Å²) in [5.41, 5.74) is 1.17. The molecular weight excluding hydrogens is 290 g/mol. The molecule has 3 rings (SSSR count). The summed E-state index contributed by atoms with van der Waals surface area (Å²) < 4.78 is 0. The van der Waals surface area contributed by atoms with Gasteiger partial charge in [-0.25, -0.2) is 4.79 Å². The molecule has 4 nitrogen and oxygen atoms in total. The normalized spacial score (nSPS) is 24.0. The van der Waals surface area contributed by atoms with Gasteiger partial charge in [-0.2, -0.15) is 0 Å². The fourth-order valence-electron chi connectivity index (χ4n) is 3.30. The molecule has 2 unspecified atom stereocenters. The van der Waals surface area contributed by atoms with Crippen molar-refractivity contribution in [3.63, 3.8) is 0 Å². The average molecular weight is 306 g/mol. The lowest BCUT2D eigenvalue weighted by molar-refractivity contribution is -0.131. The lowest BCUT2D eigenvalue weighted by Gasteiger charge is -2.27. The Morgan fingerprint density at radius 2 is 2.14 bits per heavy atom. The zero-order valence-corrected chi connectivity index (χ0v) is 12.2. The molecule has 1 saturated heterocycles. The largest absolute Gasteiger partial charge is 0.478 e. The van der Waals surface area contributed by atoms with Crippen molar-refractivity contribution in [1.29, 1.82) is 0 Å². The number of piperidine rings is 1. The van der Waals surface area contributed by atoms with E-state index in [1.165, 1.54) is 12.5 Å². The van der Waals surface area contributed by atoms with Crippen LogP contribution in [0.2, 0.25) is 5.02 Å². The first-order valence-corrected chi connectivity index (χ1v) is 7.44. The zero-order chi connectivity index (χ0) is 15.0. The van der Waals surface area contributed by atoms with Crippen molar-refractivity contribution in [2.24, 2.45) is 5.92 Å². The van der Waals surface area contributed by atoms with E-state index in [-0.39, 0.29) is 5.91 Å². The van der Waals surface area contributed by atoms with Gasteiger partial charge in [-0.15, -0.1) is 0 Å². The Labute approximate surface area is 128 Å². The quantitative estimate of drug-likeness (QED) is 0.873. The predicted octanol–water partition coefficient (Wildman–Crippen LogP) is 3.06. The van der Waals surface area contributed by atoms with Crippen molar-refractivity contribution in [1.82, 2.24) is 4.90 Å². The van der Waals surface area contributed by atoms with E-state index < -0.39 is 5.97 Å². The maximum absolute atomic E-state index is 12.5. The van der Waals surface area contributed by atoms with Crippen LogP contribution in [-0.4, -0.2) is 34.5 Å². The zero-order valence-electron chi connectivity index (χ0n) is 11.5. The lowest BCUT2D eigenvalue weighted by Crippen LogP contribution is -2.37. The minimum absolute atomic E-state index is 0.0258. The molecule has 2 fully saturated rings. The number of aliphatic carboxylic acids is 1. The Hall–Kier alpha value is -1.81. The van der Waals surface area contributed by atoms with E-state index >= 15 is 0 Å². The molecule has 1 aliphatic heterocycles. The van der Waals surface area contributed by atoms with Gasteiger partial charge in [0.25, 0.3) is 5.91 Å². The number of fused-ring (bicyclic) bond motifs is 2. The van der Waals surface area contributed by atoms with Gasteiger partial charge in [-0.05, 0) is 49.0 Å². The summed E-state index contributed by atoms with van der Waals surface area (Å²) in [6.07, 6.45) is 5.91. The molecule has 110 valence electrons. The molecule has 1 aliphatic carbocycles. The molecule has 1 heterocycles. The lowest BCUT2D eigenvalue weighted by atomic mass is 10.1. The van der Waals surface area contributed by atoms with Gasteiger partial charge in [0.2, 0.25) is 0 Å². The molecule has 1 aromatic rings. The number of likely N-dealkylation sites (tertiary alicyclic amines) is 1. The van der Waals surface area contributed by atoms with Crippen molar-refractivity contribution >= 4 is 29.6 Å².